The SMILES string of the molecule is O=[N+]([O-])c1cccc(N2C=CC(Cl)N(C3CC3)C2)c1. The highest BCUT2D eigenvalue weighted by Gasteiger charge is 2.35. The summed E-state index contributed by atoms with van der Waals surface area (Å²) in [6, 6.07) is 7.21. The van der Waals surface area contributed by atoms with Crippen molar-refractivity contribution < 1.29 is 4.92 Å². The molecule has 1 aliphatic carbocycles. The van der Waals surface area contributed by atoms with Crippen LogP contribution in [0.5, 0.6) is 0 Å². The number of nitro groups is 1. The summed E-state index contributed by atoms with van der Waals surface area (Å²) in [5.41, 5.74) is 0.846. The zero-order valence-corrected chi connectivity index (χ0v) is 11.0. The van der Waals surface area contributed by atoms with Gasteiger partial charge in [-0.05, 0) is 25.0 Å². The van der Waals surface area contributed by atoms with Crippen molar-refractivity contribution in [1.29, 1.82) is 0 Å². The Morgan fingerprint density at radius 1 is 1.37 bits per heavy atom. The third kappa shape index (κ3) is 2.57. The third-order valence-corrected chi connectivity index (χ3v) is 3.84. The number of nitrogens with zero attached hydrogens (tertiary/aromatic N) is 3. The molecule has 100 valence electrons. The van der Waals surface area contributed by atoms with Gasteiger partial charge in [0.25, 0.3) is 5.69 Å². The molecule has 19 heavy (non-hydrogen) atoms. The molecule has 1 unspecified atom stereocenters. The normalized spacial score (nSPS) is 23.6. The van der Waals surface area contributed by atoms with E-state index >= 15 is 0 Å². The lowest BCUT2D eigenvalue weighted by Gasteiger charge is -2.35. The van der Waals surface area contributed by atoms with Gasteiger partial charge in [-0.3, -0.25) is 15.0 Å². The number of hydrogen-bond acceptors (Lipinski definition) is 4. The number of hydrogen-bond donors (Lipinski definition) is 0. The highest BCUT2D eigenvalue weighted by Crippen LogP contribution is 2.33. The number of alkyl halides is 1. The molecule has 6 heteroatoms. The fourth-order valence-corrected chi connectivity index (χ4v) is 2.55. The number of halogens is 1. The molecule has 0 bridgehead atoms. The molecule has 0 amide bonds. The Labute approximate surface area is 116 Å². The second kappa shape index (κ2) is 4.83. The topological polar surface area (TPSA) is 49.6 Å². The van der Waals surface area contributed by atoms with Gasteiger partial charge in [0.05, 0.1) is 11.6 Å². The Kier molecular flexibility index (Phi) is 3.16. The van der Waals surface area contributed by atoms with Crippen LogP contribution in [0.15, 0.2) is 36.5 Å². The van der Waals surface area contributed by atoms with Gasteiger partial charge in [-0.2, -0.15) is 0 Å². The van der Waals surface area contributed by atoms with Gasteiger partial charge in [-0.25, -0.2) is 0 Å². The standard InChI is InChI=1S/C13H14ClN3O2/c14-13-6-7-15(9-16(13)10-4-5-10)11-2-1-3-12(8-11)17(18)19/h1-3,6-8,10,13H,4-5,9H2. The molecule has 0 saturated heterocycles. The lowest BCUT2D eigenvalue weighted by molar-refractivity contribution is -0.384. The lowest BCUT2D eigenvalue weighted by atomic mass is 10.2. The van der Waals surface area contributed by atoms with Crippen LogP contribution in [0.25, 0.3) is 0 Å². The minimum Gasteiger partial charge on any atom is -0.334 e. The molecular formula is C13H14ClN3O2. The van der Waals surface area contributed by atoms with Crippen molar-refractivity contribution in [3.8, 4) is 0 Å². The molecule has 0 radical (unpaired) electrons. The van der Waals surface area contributed by atoms with Crippen LogP contribution in [0.1, 0.15) is 12.8 Å². The smallest absolute Gasteiger partial charge is 0.271 e. The quantitative estimate of drug-likeness (QED) is 0.369. The zero-order valence-electron chi connectivity index (χ0n) is 10.3. The van der Waals surface area contributed by atoms with E-state index < -0.39 is 0 Å². The van der Waals surface area contributed by atoms with Gasteiger partial charge >= 0.3 is 0 Å². The summed E-state index contributed by atoms with van der Waals surface area (Å²) in [5.74, 6) is 0. The second-order valence-electron chi connectivity index (χ2n) is 4.85. The Hall–Kier alpha value is -1.59. The molecule has 1 atom stereocenters. The average molecular weight is 280 g/mol. The number of benzene rings is 1. The third-order valence-electron chi connectivity index (χ3n) is 3.45. The molecule has 0 N–H and O–H groups in total. The van der Waals surface area contributed by atoms with Crippen molar-refractivity contribution in [2.75, 3.05) is 11.6 Å². The predicted octanol–water partition coefficient (Wildman–Crippen LogP) is 2.92. The number of rotatable bonds is 3. The Balaban J connectivity index is 1.83. The van der Waals surface area contributed by atoms with E-state index in [0.717, 1.165) is 5.69 Å². The zero-order chi connectivity index (χ0) is 13.4. The highest BCUT2D eigenvalue weighted by molar-refractivity contribution is 6.21. The van der Waals surface area contributed by atoms with Crippen molar-refractivity contribution in [2.24, 2.45) is 0 Å². The van der Waals surface area contributed by atoms with E-state index in [1.54, 1.807) is 12.1 Å². The molecule has 1 heterocycles. The van der Waals surface area contributed by atoms with Gasteiger partial charge < -0.3 is 4.90 Å². The summed E-state index contributed by atoms with van der Waals surface area (Å²) in [5, 5.41) is 10.8. The first-order valence-electron chi connectivity index (χ1n) is 6.24. The van der Waals surface area contributed by atoms with Crippen molar-refractivity contribution in [3.63, 3.8) is 0 Å². The fraction of sp³-hybridized carbons (Fsp3) is 0.385. The van der Waals surface area contributed by atoms with Crippen LogP contribution >= 0.6 is 11.6 Å². The summed E-state index contributed by atoms with van der Waals surface area (Å²) >= 11 is 6.26. The van der Waals surface area contributed by atoms with Crippen molar-refractivity contribution in [1.82, 2.24) is 4.90 Å². The maximum atomic E-state index is 10.8. The first-order chi connectivity index (χ1) is 9.15. The molecule has 1 saturated carbocycles. The van der Waals surface area contributed by atoms with E-state index in [2.05, 4.69) is 4.90 Å². The van der Waals surface area contributed by atoms with Crippen LogP contribution in [0.3, 0.4) is 0 Å². The monoisotopic (exact) mass is 279 g/mol. The van der Waals surface area contributed by atoms with Gasteiger partial charge in [-0.15, -0.1) is 11.6 Å². The predicted molar refractivity (Wildman–Crippen MR) is 74.1 cm³/mol. The number of non-ortho nitro benzene ring substituents is 1. The van der Waals surface area contributed by atoms with Crippen LogP contribution in [-0.2, 0) is 0 Å². The van der Waals surface area contributed by atoms with Gasteiger partial charge in [0.15, 0.2) is 0 Å². The summed E-state index contributed by atoms with van der Waals surface area (Å²) in [6.45, 7) is 0.677. The van der Waals surface area contributed by atoms with E-state index in [-0.39, 0.29) is 16.1 Å². The second-order valence-corrected chi connectivity index (χ2v) is 5.29. The molecule has 1 aliphatic heterocycles. The Bertz CT molecular complexity index is 530. The molecule has 0 aromatic heterocycles. The molecule has 2 aliphatic rings. The van der Waals surface area contributed by atoms with Crippen molar-refractivity contribution in [3.05, 3.63) is 46.7 Å². The summed E-state index contributed by atoms with van der Waals surface area (Å²) in [6.07, 6.45) is 6.18. The molecular weight excluding hydrogens is 266 g/mol. The first-order valence-corrected chi connectivity index (χ1v) is 6.68. The highest BCUT2D eigenvalue weighted by atomic mass is 35.5. The summed E-state index contributed by atoms with van der Waals surface area (Å²) in [7, 11) is 0. The van der Waals surface area contributed by atoms with E-state index in [0.29, 0.717) is 12.7 Å². The lowest BCUT2D eigenvalue weighted by Crippen LogP contribution is -2.43. The summed E-state index contributed by atoms with van der Waals surface area (Å²) in [4.78, 5) is 14.6. The maximum Gasteiger partial charge on any atom is 0.271 e. The van der Waals surface area contributed by atoms with Gasteiger partial charge in [0.2, 0.25) is 0 Å². The van der Waals surface area contributed by atoms with Gasteiger partial charge in [-0.1, -0.05) is 6.07 Å². The fourth-order valence-electron chi connectivity index (χ4n) is 2.26. The minimum atomic E-state index is -0.375. The molecule has 1 aromatic rings. The van der Waals surface area contributed by atoms with E-state index in [9.17, 15) is 10.1 Å². The molecule has 5 nitrogen and oxygen atoms in total. The summed E-state index contributed by atoms with van der Waals surface area (Å²) < 4.78 is 0. The van der Waals surface area contributed by atoms with Crippen LogP contribution < -0.4 is 4.90 Å². The number of nitro benzene ring substituents is 1. The van der Waals surface area contributed by atoms with Crippen LogP contribution in [0.4, 0.5) is 11.4 Å². The molecule has 0 spiro atoms. The van der Waals surface area contributed by atoms with Gasteiger partial charge in [0.1, 0.15) is 5.50 Å². The van der Waals surface area contributed by atoms with Gasteiger partial charge in [0, 0.05) is 30.1 Å². The van der Waals surface area contributed by atoms with Crippen molar-refractivity contribution in [2.45, 2.75) is 24.4 Å². The average Bonchev–Trinajstić information content (AvgIpc) is 3.24. The largest absolute Gasteiger partial charge is 0.334 e. The first kappa shape index (κ1) is 12.4. The van der Waals surface area contributed by atoms with Crippen molar-refractivity contribution >= 4 is 23.0 Å². The van der Waals surface area contributed by atoms with E-state index in [1.165, 1.54) is 18.9 Å². The Morgan fingerprint density at radius 3 is 2.84 bits per heavy atom. The number of anilines is 1. The van der Waals surface area contributed by atoms with Crippen LogP contribution in [0, 0.1) is 10.1 Å². The molecule has 3 rings (SSSR count). The van der Waals surface area contributed by atoms with Crippen LogP contribution in [0.2, 0.25) is 0 Å². The maximum absolute atomic E-state index is 10.8. The Morgan fingerprint density at radius 2 is 2.16 bits per heavy atom. The van der Waals surface area contributed by atoms with E-state index in [4.69, 9.17) is 11.6 Å². The van der Waals surface area contributed by atoms with Crippen LogP contribution in [-0.4, -0.2) is 28.0 Å². The van der Waals surface area contributed by atoms with E-state index in [1.807, 2.05) is 23.2 Å². The molecule has 1 aromatic carbocycles. The minimum absolute atomic E-state index is 0.0811. The molecule has 1 fully saturated rings.